The zero-order valence-corrected chi connectivity index (χ0v) is 18.1. The van der Waals surface area contributed by atoms with Gasteiger partial charge >= 0.3 is 0 Å². The van der Waals surface area contributed by atoms with Gasteiger partial charge in [0.05, 0.1) is 19.4 Å². The maximum Gasteiger partial charge on any atom is 0.251 e. The Bertz CT molecular complexity index is 955. The molecule has 0 aromatic heterocycles. The largest absolute Gasteiger partial charge is 0.497 e. The number of benzene rings is 2. The molecule has 162 valence electrons. The second-order valence-corrected chi connectivity index (χ2v) is 8.79. The fourth-order valence-electron chi connectivity index (χ4n) is 2.64. The van der Waals surface area contributed by atoms with Gasteiger partial charge in [-0.1, -0.05) is 24.3 Å². The molecule has 2 aromatic carbocycles. The van der Waals surface area contributed by atoms with Crippen molar-refractivity contribution in [3.05, 3.63) is 65.2 Å². The number of amides is 2. The van der Waals surface area contributed by atoms with Crippen molar-refractivity contribution in [2.75, 3.05) is 13.7 Å². The Morgan fingerprint density at radius 2 is 1.53 bits per heavy atom. The number of ether oxygens (including phenoxy) is 1. The van der Waals surface area contributed by atoms with Crippen LogP contribution in [-0.4, -0.2) is 39.9 Å². The quantitative estimate of drug-likeness (QED) is 0.526. The lowest BCUT2D eigenvalue weighted by molar-refractivity contribution is -0.120. The summed E-state index contributed by atoms with van der Waals surface area (Å²) in [5.41, 5.74) is 1.91. The summed E-state index contributed by atoms with van der Waals surface area (Å²) in [6, 6.07) is 13.4. The minimum atomic E-state index is -3.38. The third-order valence-corrected chi connectivity index (χ3v) is 5.59. The fraction of sp³-hybridized carbons (Fsp3) is 0.333. The monoisotopic (exact) mass is 433 g/mol. The van der Waals surface area contributed by atoms with Crippen LogP contribution in [0.4, 0.5) is 0 Å². The number of hydrogen-bond donors (Lipinski definition) is 3. The summed E-state index contributed by atoms with van der Waals surface area (Å²) < 4.78 is 31.5. The van der Waals surface area contributed by atoms with Gasteiger partial charge in [-0.05, 0) is 49.2 Å². The third-order valence-electron chi connectivity index (χ3n) is 4.05. The number of rotatable bonds is 10. The Balaban J connectivity index is 1.78. The van der Waals surface area contributed by atoms with E-state index in [0.717, 1.165) is 5.56 Å². The Kier molecular flexibility index (Phi) is 8.37. The lowest BCUT2D eigenvalue weighted by atomic mass is 10.1. The average molecular weight is 434 g/mol. The van der Waals surface area contributed by atoms with E-state index in [1.807, 2.05) is 0 Å². The fourth-order valence-corrected chi connectivity index (χ4v) is 4.07. The third kappa shape index (κ3) is 7.84. The van der Waals surface area contributed by atoms with Crippen LogP contribution in [0.25, 0.3) is 0 Å². The predicted octanol–water partition coefficient (Wildman–Crippen LogP) is 1.57. The van der Waals surface area contributed by atoms with E-state index in [4.69, 9.17) is 4.74 Å². The van der Waals surface area contributed by atoms with E-state index in [-0.39, 0.29) is 36.7 Å². The molecule has 0 unspecified atom stereocenters. The zero-order valence-electron chi connectivity index (χ0n) is 17.3. The van der Waals surface area contributed by atoms with Crippen molar-refractivity contribution in [3.63, 3.8) is 0 Å². The first-order valence-electron chi connectivity index (χ1n) is 9.45. The van der Waals surface area contributed by atoms with Gasteiger partial charge in [-0.25, -0.2) is 13.1 Å². The van der Waals surface area contributed by atoms with Crippen LogP contribution < -0.4 is 20.1 Å². The molecular formula is C21H27N3O5S. The average Bonchev–Trinajstić information content (AvgIpc) is 2.70. The van der Waals surface area contributed by atoms with Crippen LogP contribution in [0.3, 0.4) is 0 Å². The maximum absolute atomic E-state index is 12.1. The molecule has 0 aliphatic rings. The summed E-state index contributed by atoms with van der Waals surface area (Å²) in [5.74, 6) is -0.142. The van der Waals surface area contributed by atoms with Crippen molar-refractivity contribution in [2.45, 2.75) is 32.2 Å². The van der Waals surface area contributed by atoms with Crippen molar-refractivity contribution in [3.8, 4) is 5.75 Å². The summed E-state index contributed by atoms with van der Waals surface area (Å²) in [4.78, 5) is 24.0. The van der Waals surface area contributed by atoms with E-state index >= 15 is 0 Å². The molecule has 2 amide bonds. The summed E-state index contributed by atoms with van der Waals surface area (Å²) in [6.45, 7) is 3.65. The highest BCUT2D eigenvalue weighted by molar-refractivity contribution is 7.88. The lowest BCUT2D eigenvalue weighted by Gasteiger charge is -2.10. The van der Waals surface area contributed by atoms with Crippen molar-refractivity contribution in [1.82, 2.24) is 15.4 Å². The molecule has 2 rings (SSSR count). The maximum atomic E-state index is 12.1. The van der Waals surface area contributed by atoms with E-state index in [0.29, 0.717) is 16.9 Å². The molecule has 30 heavy (non-hydrogen) atoms. The number of methoxy groups -OCH3 is 1. The Hall–Kier alpha value is -2.91. The van der Waals surface area contributed by atoms with E-state index in [1.165, 1.54) is 0 Å². The van der Waals surface area contributed by atoms with Gasteiger partial charge in [-0.3, -0.25) is 9.59 Å². The first kappa shape index (κ1) is 23.4. The summed E-state index contributed by atoms with van der Waals surface area (Å²) >= 11 is 0. The zero-order chi connectivity index (χ0) is 22.1. The first-order chi connectivity index (χ1) is 14.2. The van der Waals surface area contributed by atoms with Crippen LogP contribution in [0.5, 0.6) is 5.75 Å². The van der Waals surface area contributed by atoms with E-state index in [1.54, 1.807) is 69.5 Å². The Morgan fingerprint density at radius 3 is 2.10 bits per heavy atom. The van der Waals surface area contributed by atoms with E-state index in [9.17, 15) is 18.0 Å². The molecule has 0 aliphatic carbocycles. The minimum Gasteiger partial charge on any atom is -0.497 e. The smallest absolute Gasteiger partial charge is 0.251 e. The molecule has 0 atom stereocenters. The van der Waals surface area contributed by atoms with Crippen LogP contribution in [0.2, 0.25) is 0 Å². The molecule has 0 aliphatic heterocycles. The molecular weight excluding hydrogens is 406 g/mol. The van der Waals surface area contributed by atoms with E-state index < -0.39 is 10.0 Å². The predicted molar refractivity (Wildman–Crippen MR) is 115 cm³/mol. The number of carbonyl (C=O) groups is 2. The van der Waals surface area contributed by atoms with Crippen LogP contribution in [-0.2, 0) is 27.1 Å². The SMILES string of the molecule is COc1ccc(C(=O)NCC(=O)NCc2ccc(CS(=O)(=O)NC(C)C)cc2)cc1. The molecule has 0 heterocycles. The number of sulfonamides is 1. The molecule has 3 N–H and O–H groups in total. The summed E-state index contributed by atoms with van der Waals surface area (Å²) in [7, 11) is -1.84. The first-order valence-corrected chi connectivity index (χ1v) is 11.1. The molecule has 0 saturated heterocycles. The van der Waals surface area contributed by atoms with Gasteiger partial charge in [-0.2, -0.15) is 0 Å². The molecule has 0 saturated carbocycles. The topological polar surface area (TPSA) is 114 Å². The highest BCUT2D eigenvalue weighted by atomic mass is 32.2. The van der Waals surface area contributed by atoms with Crippen LogP contribution >= 0.6 is 0 Å². The molecule has 9 heteroatoms. The van der Waals surface area contributed by atoms with Gasteiger partial charge in [0, 0.05) is 18.2 Å². The minimum absolute atomic E-state index is 0.102. The normalized spacial score (nSPS) is 11.2. The van der Waals surface area contributed by atoms with Gasteiger partial charge in [0.25, 0.3) is 5.91 Å². The Labute approximate surface area is 177 Å². The Morgan fingerprint density at radius 1 is 0.933 bits per heavy atom. The highest BCUT2D eigenvalue weighted by Crippen LogP contribution is 2.11. The van der Waals surface area contributed by atoms with Crippen LogP contribution in [0.15, 0.2) is 48.5 Å². The number of carbonyl (C=O) groups excluding carboxylic acids is 2. The molecule has 0 fully saturated rings. The van der Waals surface area contributed by atoms with Crippen molar-refractivity contribution in [1.29, 1.82) is 0 Å². The lowest BCUT2D eigenvalue weighted by Crippen LogP contribution is -2.36. The van der Waals surface area contributed by atoms with E-state index in [2.05, 4.69) is 15.4 Å². The summed E-state index contributed by atoms with van der Waals surface area (Å²) in [5, 5.41) is 5.27. The molecule has 8 nitrogen and oxygen atoms in total. The second-order valence-electron chi connectivity index (χ2n) is 7.04. The highest BCUT2D eigenvalue weighted by Gasteiger charge is 2.13. The van der Waals surface area contributed by atoms with Crippen LogP contribution in [0.1, 0.15) is 35.3 Å². The van der Waals surface area contributed by atoms with Crippen LogP contribution in [0, 0.1) is 0 Å². The van der Waals surface area contributed by atoms with Gasteiger partial charge in [0.2, 0.25) is 15.9 Å². The molecule has 0 spiro atoms. The standard InChI is InChI=1S/C21H27N3O5S/c1-15(2)24-30(27,28)14-17-6-4-16(5-7-17)12-22-20(25)13-23-21(26)18-8-10-19(29-3)11-9-18/h4-11,15,24H,12-14H2,1-3H3,(H,22,25)(H,23,26). The van der Waals surface area contributed by atoms with Gasteiger partial charge in [-0.15, -0.1) is 0 Å². The van der Waals surface area contributed by atoms with Crippen molar-refractivity contribution < 1.29 is 22.7 Å². The van der Waals surface area contributed by atoms with Gasteiger partial charge in [0.1, 0.15) is 5.75 Å². The molecule has 0 radical (unpaired) electrons. The van der Waals surface area contributed by atoms with Crippen molar-refractivity contribution in [2.24, 2.45) is 0 Å². The van der Waals surface area contributed by atoms with Gasteiger partial charge < -0.3 is 15.4 Å². The number of hydrogen-bond acceptors (Lipinski definition) is 5. The second kappa shape index (κ2) is 10.7. The summed E-state index contributed by atoms with van der Waals surface area (Å²) in [6.07, 6.45) is 0. The molecule has 0 bridgehead atoms. The van der Waals surface area contributed by atoms with Crippen molar-refractivity contribution >= 4 is 21.8 Å². The molecule has 2 aromatic rings. The number of nitrogens with one attached hydrogen (secondary N) is 3. The van der Waals surface area contributed by atoms with Gasteiger partial charge in [0.15, 0.2) is 0 Å².